The van der Waals surface area contributed by atoms with Crippen molar-refractivity contribution in [3.8, 4) is 0 Å². The molecule has 1 aromatic heterocycles. The molecule has 2 N–H and O–H groups in total. The van der Waals surface area contributed by atoms with Crippen LogP contribution in [0.2, 0.25) is 0 Å². The van der Waals surface area contributed by atoms with Crippen molar-refractivity contribution in [3.05, 3.63) is 70.8 Å². The smallest absolute Gasteiger partial charge is 0.269 e. The highest BCUT2D eigenvalue weighted by molar-refractivity contribution is 8.03. The highest BCUT2D eigenvalue weighted by Crippen LogP contribution is 2.30. The van der Waals surface area contributed by atoms with Crippen LogP contribution in [0.5, 0.6) is 0 Å². The Morgan fingerprint density at radius 2 is 1.58 bits per heavy atom. The second kappa shape index (κ2) is 11.3. The molecular weight excluding hydrogens is 448 g/mol. The van der Waals surface area contributed by atoms with Gasteiger partial charge in [0.25, 0.3) is 5.91 Å². The average molecular weight is 473 g/mol. The molecule has 162 valence electrons. The Hall–Kier alpha value is -2.36. The van der Waals surface area contributed by atoms with E-state index >= 15 is 0 Å². The number of hydrogen-bond donors (Lipinski definition) is 2. The van der Waals surface area contributed by atoms with Gasteiger partial charge in [-0.05, 0) is 36.1 Å². The zero-order valence-corrected chi connectivity index (χ0v) is 20.0. The van der Waals surface area contributed by atoms with E-state index in [4.69, 9.17) is 0 Å². The lowest BCUT2D eigenvalue weighted by atomic mass is 10.0. The molecule has 0 fully saturated rings. The molecule has 0 spiro atoms. The molecule has 3 aromatic rings. The summed E-state index contributed by atoms with van der Waals surface area (Å²) < 4.78 is 1.58. The summed E-state index contributed by atoms with van der Waals surface area (Å²) in [6.45, 7) is 6.31. The van der Waals surface area contributed by atoms with Crippen LogP contribution in [0.4, 0.5) is 0 Å². The maximum atomic E-state index is 12.0. The summed E-state index contributed by atoms with van der Waals surface area (Å²) in [6.07, 6.45) is 0. The van der Waals surface area contributed by atoms with Crippen LogP contribution in [0.25, 0.3) is 0 Å². The third-order valence-corrected chi connectivity index (χ3v) is 7.61. The first-order valence-electron chi connectivity index (χ1n) is 9.74. The molecule has 0 radical (unpaired) electrons. The summed E-state index contributed by atoms with van der Waals surface area (Å²) in [6, 6.07) is 15.7. The second-order valence-corrected chi connectivity index (χ2v) is 10.6. The van der Waals surface area contributed by atoms with Crippen molar-refractivity contribution in [2.45, 2.75) is 41.1 Å². The van der Waals surface area contributed by atoms with Gasteiger partial charge in [0.1, 0.15) is 0 Å². The molecule has 0 atom stereocenters. The Balaban J connectivity index is 1.39. The summed E-state index contributed by atoms with van der Waals surface area (Å²) in [5.41, 5.74) is 8.97. The Morgan fingerprint density at radius 1 is 0.935 bits per heavy atom. The monoisotopic (exact) mass is 472 g/mol. The van der Waals surface area contributed by atoms with E-state index in [9.17, 15) is 9.59 Å². The number of benzene rings is 2. The van der Waals surface area contributed by atoms with E-state index in [1.165, 1.54) is 34.2 Å². The zero-order chi connectivity index (χ0) is 22.2. The Kier molecular flexibility index (Phi) is 8.51. The zero-order valence-electron chi connectivity index (χ0n) is 17.5. The van der Waals surface area contributed by atoms with Crippen LogP contribution in [-0.2, 0) is 10.5 Å². The van der Waals surface area contributed by atoms with Crippen LogP contribution >= 0.6 is 34.9 Å². The van der Waals surface area contributed by atoms with E-state index in [0.717, 1.165) is 20.0 Å². The number of nitrogens with zero attached hydrogens (tertiary/aromatic N) is 2. The number of nitrogens with one attached hydrogen (secondary N) is 2. The van der Waals surface area contributed by atoms with Crippen molar-refractivity contribution in [2.75, 3.05) is 5.75 Å². The van der Waals surface area contributed by atoms with Crippen molar-refractivity contribution in [1.82, 2.24) is 21.0 Å². The number of thioether (sulfide) groups is 2. The summed E-state index contributed by atoms with van der Waals surface area (Å²) in [5, 5.41) is 8.32. The quantitative estimate of drug-likeness (QED) is 0.361. The van der Waals surface area contributed by atoms with Gasteiger partial charge in [-0.1, -0.05) is 90.7 Å². The van der Waals surface area contributed by atoms with Gasteiger partial charge < -0.3 is 0 Å². The van der Waals surface area contributed by atoms with E-state index in [1.54, 1.807) is 23.9 Å². The number of aromatic nitrogens is 2. The molecule has 0 aliphatic carbocycles. The third kappa shape index (κ3) is 7.37. The van der Waals surface area contributed by atoms with Crippen LogP contribution in [0, 0.1) is 6.92 Å². The minimum Gasteiger partial charge on any atom is -0.272 e. The van der Waals surface area contributed by atoms with Crippen molar-refractivity contribution in [2.24, 2.45) is 0 Å². The van der Waals surface area contributed by atoms with Gasteiger partial charge in [0.05, 0.1) is 5.75 Å². The fourth-order valence-electron chi connectivity index (χ4n) is 2.52. The molecule has 0 saturated heterocycles. The minimum atomic E-state index is -0.352. The fourth-order valence-corrected chi connectivity index (χ4v) is 5.30. The molecule has 0 unspecified atom stereocenters. The van der Waals surface area contributed by atoms with Crippen molar-refractivity contribution < 1.29 is 9.59 Å². The number of carbonyl (C=O) groups is 2. The highest BCUT2D eigenvalue weighted by atomic mass is 32.2. The summed E-state index contributed by atoms with van der Waals surface area (Å²) >= 11 is 4.38. The van der Waals surface area contributed by atoms with E-state index in [0.29, 0.717) is 11.5 Å². The lowest BCUT2D eigenvalue weighted by Gasteiger charge is -2.06. The standard InChI is InChI=1S/C22H24N4O2S3/c1-14(2)17-10-6-16(7-11-17)12-29-21-25-26-22(31-21)30-13-19(27)23-24-20(28)18-8-4-15(3)5-9-18/h4-11,14H,12-13H2,1-3H3,(H,23,27)(H,24,28). The van der Waals surface area contributed by atoms with Crippen LogP contribution in [0.1, 0.15) is 46.8 Å². The van der Waals surface area contributed by atoms with E-state index in [1.807, 2.05) is 19.1 Å². The van der Waals surface area contributed by atoms with Crippen molar-refractivity contribution in [1.29, 1.82) is 0 Å². The summed E-state index contributed by atoms with van der Waals surface area (Å²) in [7, 11) is 0. The van der Waals surface area contributed by atoms with Gasteiger partial charge >= 0.3 is 0 Å². The SMILES string of the molecule is Cc1ccc(C(=O)NNC(=O)CSc2nnc(SCc3ccc(C(C)C)cc3)s2)cc1. The molecule has 0 aliphatic rings. The number of hydrogen-bond acceptors (Lipinski definition) is 7. The van der Waals surface area contributed by atoms with Gasteiger partial charge in [-0.15, -0.1) is 10.2 Å². The molecule has 31 heavy (non-hydrogen) atoms. The maximum Gasteiger partial charge on any atom is 0.269 e. The van der Waals surface area contributed by atoms with Gasteiger partial charge in [0.15, 0.2) is 8.68 Å². The second-order valence-electron chi connectivity index (χ2n) is 7.18. The van der Waals surface area contributed by atoms with Crippen LogP contribution in [0.3, 0.4) is 0 Å². The Labute approximate surface area is 194 Å². The summed E-state index contributed by atoms with van der Waals surface area (Å²) in [5.74, 6) is 0.833. The maximum absolute atomic E-state index is 12.0. The number of hydrazine groups is 1. The van der Waals surface area contributed by atoms with Crippen LogP contribution in [0.15, 0.2) is 57.2 Å². The summed E-state index contributed by atoms with van der Waals surface area (Å²) in [4.78, 5) is 24.0. The third-order valence-electron chi connectivity index (χ3n) is 4.35. The van der Waals surface area contributed by atoms with Gasteiger partial charge in [0.2, 0.25) is 5.91 Å². The minimum absolute atomic E-state index is 0.143. The number of carbonyl (C=O) groups excluding carboxylic acids is 2. The first-order valence-corrected chi connectivity index (χ1v) is 12.5. The topological polar surface area (TPSA) is 84.0 Å². The van der Waals surface area contributed by atoms with Gasteiger partial charge in [0, 0.05) is 11.3 Å². The lowest BCUT2D eigenvalue weighted by molar-refractivity contribution is -0.119. The Bertz CT molecular complexity index is 1020. The van der Waals surface area contributed by atoms with Crippen molar-refractivity contribution in [3.63, 3.8) is 0 Å². The first kappa shape index (κ1) is 23.3. The molecule has 2 aromatic carbocycles. The van der Waals surface area contributed by atoms with E-state index < -0.39 is 0 Å². The Morgan fingerprint density at radius 3 is 2.23 bits per heavy atom. The van der Waals surface area contributed by atoms with Gasteiger partial charge in [-0.2, -0.15) is 0 Å². The molecule has 2 amide bonds. The average Bonchev–Trinajstić information content (AvgIpc) is 3.23. The van der Waals surface area contributed by atoms with Gasteiger partial charge in [-0.25, -0.2) is 0 Å². The van der Waals surface area contributed by atoms with E-state index in [-0.39, 0.29) is 17.6 Å². The molecule has 1 heterocycles. The number of amides is 2. The normalized spacial score (nSPS) is 10.8. The molecule has 0 bridgehead atoms. The molecule has 0 aliphatic heterocycles. The fraction of sp³-hybridized carbons (Fsp3) is 0.273. The molecule has 3 rings (SSSR count). The highest BCUT2D eigenvalue weighted by Gasteiger charge is 2.11. The largest absolute Gasteiger partial charge is 0.272 e. The molecule has 0 saturated carbocycles. The van der Waals surface area contributed by atoms with E-state index in [2.05, 4.69) is 59.2 Å². The first-order chi connectivity index (χ1) is 14.9. The number of aryl methyl sites for hydroxylation is 1. The van der Waals surface area contributed by atoms with Crippen LogP contribution < -0.4 is 10.9 Å². The van der Waals surface area contributed by atoms with Gasteiger partial charge in [-0.3, -0.25) is 20.4 Å². The van der Waals surface area contributed by atoms with Crippen LogP contribution in [-0.4, -0.2) is 27.8 Å². The van der Waals surface area contributed by atoms with Crippen molar-refractivity contribution >= 4 is 46.7 Å². The molecule has 6 nitrogen and oxygen atoms in total. The molecule has 9 heteroatoms. The number of rotatable bonds is 8. The molecular formula is C22H24N4O2S3. The lowest BCUT2D eigenvalue weighted by Crippen LogP contribution is -2.42. The predicted octanol–water partition coefficient (Wildman–Crippen LogP) is 4.82. The predicted molar refractivity (Wildman–Crippen MR) is 128 cm³/mol.